The molecule has 0 spiro atoms. The maximum atomic E-state index is 14.5. The molecule has 5 rings (SSSR count). The number of hydrogen-bond acceptors (Lipinski definition) is 2. The topological polar surface area (TPSA) is 41.1 Å². The van der Waals surface area contributed by atoms with Crippen LogP contribution in [0.3, 0.4) is 0 Å². The molecule has 2 atom stereocenters. The highest BCUT2D eigenvalue weighted by atomic mass is 19.3. The van der Waals surface area contributed by atoms with Crippen molar-refractivity contribution in [2.45, 2.75) is 111 Å². The molecule has 10 heteroatoms. The lowest BCUT2D eigenvalue weighted by molar-refractivity contribution is -0.190. The van der Waals surface area contributed by atoms with Crippen molar-refractivity contribution in [3.63, 3.8) is 0 Å². The van der Waals surface area contributed by atoms with Crippen LogP contribution in [0.5, 0.6) is 0 Å². The highest BCUT2D eigenvalue weighted by Gasteiger charge is 2.54. The largest absolute Gasteiger partial charge is 0.994 e. The first-order valence-electron chi connectivity index (χ1n) is 17.5. The third-order valence-corrected chi connectivity index (χ3v) is 10.1. The van der Waals surface area contributed by atoms with Crippen LogP contribution in [0.1, 0.15) is 137 Å². The van der Waals surface area contributed by atoms with E-state index >= 15 is 0 Å². The number of benzene rings is 2. The molecule has 0 saturated heterocycles. The average Bonchev–Trinajstić information content (AvgIpc) is 3.27. The van der Waals surface area contributed by atoms with Crippen LogP contribution in [0, 0.1) is 11.8 Å². The van der Waals surface area contributed by atoms with Gasteiger partial charge in [-0.2, -0.15) is 0 Å². The summed E-state index contributed by atoms with van der Waals surface area (Å²) in [6.07, 6.45) is 13.3. The Labute approximate surface area is 277 Å². The summed E-state index contributed by atoms with van der Waals surface area (Å²) in [7, 11) is -8.96. The molecule has 1 aliphatic carbocycles. The van der Waals surface area contributed by atoms with Gasteiger partial charge in [0.2, 0.25) is 0 Å². The standard InChI is InChI=1S/C37H48B2F4O4/c1-7-11-13-27(9-3)23-37(24-28(10-4)14-12-8-2)33-21-29(35-19-25(5)44-38(40,41)46-35)15-17-31(33)32-18-16-30(22-34(32)37)36-20-26(6)45-39(42,43)47-36/h15-22,27-28H,7-14,23-24H2,1-6H3. The Bertz CT molecular complexity index is 1480. The number of unbranched alkanes of at least 4 members (excludes halogenated alkanes) is 2. The lowest BCUT2D eigenvalue weighted by atomic mass is 9.64. The minimum absolute atomic E-state index is 0.0828. The number of allylic oxidation sites excluding steroid dienone is 4. The van der Waals surface area contributed by atoms with Crippen LogP contribution < -0.4 is 0 Å². The molecule has 2 aromatic rings. The van der Waals surface area contributed by atoms with E-state index < -0.39 is 19.6 Å². The Kier molecular flexibility index (Phi) is 10.5. The molecule has 0 bridgehead atoms. The van der Waals surface area contributed by atoms with E-state index in [0.717, 1.165) is 86.5 Å². The van der Waals surface area contributed by atoms with Crippen LogP contribution in [-0.4, -0.2) is 25.8 Å². The maximum Gasteiger partial charge on any atom is 0.994 e. The average molecular weight is 654 g/mol. The molecule has 2 aliphatic heterocycles. The molecular weight excluding hydrogens is 606 g/mol. The molecule has 4 nitrogen and oxygen atoms in total. The summed E-state index contributed by atoms with van der Waals surface area (Å²) in [6, 6.07) is 11.7. The zero-order valence-electron chi connectivity index (χ0n) is 28.6. The normalized spacial score (nSPS) is 20.0. The van der Waals surface area contributed by atoms with Gasteiger partial charge in [0.25, 0.3) is 11.6 Å². The van der Waals surface area contributed by atoms with Crippen LogP contribution >= 0.6 is 0 Å². The third kappa shape index (κ3) is 7.57. The van der Waals surface area contributed by atoms with Crippen LogP contribution in [0.2, 0.25) is 0 Å². The Morgan fingerprint density at radius 2 is 1.06 bits per heavy atom. The van der Waals surface area contributed by atoms with E-state index in [4.69, 9.17) is 8.68 Å². The van der Waals surface area contributed by atoms with E-state index in [2.05, 4.69) is 37.0 Å². The van der Waals surface area contributed by atoms with Gasteiger partial charge in [-0.15, -0.1) is 0 Å². The van der Waals surface area contributed by atoms with Crippen LogP contribution in [0.4, 0.5) is 17.3 Å². The van der Waals surface area contributed by atoms with Gasteiger partial charge in [0.15, 0.2) is 0 Å². The molecule has 3 aliphatic rings. The van der Waals surface area contributed by atoms with Crippen molar-refractivity contribution in [3.05, 3.63) is 82.3 Å². The number of carbonyl (C=O) groups excluding carboxylic acids is 2. The van der Waals surface area contributed by atoms with Crippen molar-refractivity contribution in [2.75, 3.05) is 0 Å². The van der Waals surface area contributed by atoms with E-state index in [-0.39, 0.29) is 23.1 Å². The van der Waals surface area contributed by atoms with E-state index in [1.165, 1.54) is 26.0 Å². The lowest BCUT2D eigenvalue weighted by Gasteiger charge is -2.39. The number of ketones is 2. The Hall–Kier alpha value is -3.29. The van der Waals surface area contributed by atoms with Crippen molar-refractivity contribution in [3.8, 4) is 11.1 Å². The predicted octanol–water partition coefficient (Wildman–Crippen LogP) is 11.2. The summed E-state index contributed by atoms with van der Waals surface area (Å²) in [4.78, 5) is 0. The van der Waals surface area contributed by atoms with E-state index in [9.17, 15) is 17.3 Å². The van der Waals surface area contributed by atoms with Gasteiger partial charge in [-0.1, -0.05) is 91.2 Å². The van der Waals surface area contributed by atoms with Crippen LogP contribution in [-0.2, 0) is 14.7 Å². The van der Waals surface area contributed by atoms with Gasteiger partial charge in [0.05, 0.1) is 34.8 Å². The third-order valence-electron chi connectivity index (χ3n) is 10.1. The van der Waals surface area contributed by atoms with Crippen molar-refractivity contribution in [2.24, 2.45) is 11.8 Å². The number of rotatable bonds is 14. The molecule has 0 amide bonds. The molecule has 0 aromatic heterocycles. The lowest BCUT2D eigenvalue weighted by Crippen LogP contribution is -2.33. The number of halogens is 4. The summed E-state index contributed by atoms with van der Waals surface area (Å²) in [5.41, 5.74) is 4.89. The first-order valence-corrected chi connectivity index (χ1v) is 17.5. The van der Waals surface area contributed by atoms with Gasteiger partial charge in [0, 0.05) is 5.41 Å². The Morgan fingerprint density at radius 1 is 0.660 bits per heavy atom. The van der Waals surface area contributed by atoms with Crippen molar-refractivity contribution >= 4 is 25.8 Å². The fourth-order valence-electron chi connectivity index (χ4n) is 7.78. The Balaban J connectivity index is 1.75. The molecule has 0 fully saturated rings. The van der Waals surface area contributed by atoms with Gasteiger partial charge in [-0.05, 0) is 85.0 Å². The van der Waals surface area contributed by atoms with Crippen molar-refractivity contribution in [1.29, 1.82) is 0 Å². The van der Waals surface area contributed by atoms with Gasteiger partial charge in [-0.3, -0.25) is 0 Å². The second kappa shape index (κ2) is 14.1. The van der Waals surface area contributed by atoms with Crippen molar-refractivity contribution in [1.82, 2.24) is 0 Å². The zero-order chi connectivity index (χ0) is 34.0. The molecule has 2 aromatic carbocycles. The molecule has 2 unspecified atom stereocenters. The minimum atomic E-state index is -4.48. The highest BCUT2D eigenvalue weighted by molar-refractivity contribution is 6.51. The predicted molar refractivity (Wildman–Crippen MR) is 183 cm³/mol. The molecule has 0 N–H and O–H groups in total. The second-order valence-corrected chi connectivity index (χ2v) is 13.6. The van der Waals surface area contributed by atoms with Gasteiger partial charge >= 0.3 is 14.2 Å². The first-order chi connectivity index (χ1) is 22.3. The van der Waals surface area contributed by atoms with E-state index in [1.807, 2.05) is 36.4 Å². The van der Waals surface area contributed by atoms with Crippen LogP contribution in [0.15, 0.2) is 60.1 Å². The summed E-state index contributed by atoms with van der Waals surface area (Å²) < 4.78 is 77.5. The molecule has 0 radical (unpaired) electrons. The fourth-order valence-corrected chi connectivity index (χ4v) is 7.78. The molecule has 254 valence electrons. The minimum Gasteiger partial charge on any atom is -0.572 e. The highest BCUT2D eigenvalue weighted by Crippen LogP contribution is 2.57. The number of hydrogen-bond donors (Lipinski definition) is 0. The van der Waals surface area contributed by atoms with Gasteiger partial charge in [-0.25, -0.2) is 0 Å². The second-order valence-electron chi connectivity index (χ2n) is 13.6. The van der Waals surface area contributed by atoms with Gasteiger partial charge < -0.3 is 35.3 Å². The van der Waals surface area contributed by atoms with Gasteiger partial charge in [0.1, 0.15) is 0 Å². The van der Waals surface area contributed by atoms with E-state index in [1.54, 1.807) is 0 Å². The fraction of sp³-hybridized carbons (Fsp3) is 0.514. The summed E-state index contributed by atoms with van der Waals surface area (Å²) in [6.45, 7) is 11.9. The molecule has 47 heavy (non-hydrogen) atoms. The molecular formula is C37H48B2F4O4. The SMILES string of the molecule is CCCCC(CC)CC1(CC(CC)CCCC)c2cc(C3=[O+][B-](F)(F)OC(C)=C3)ccc2-c2ccc(C3=[O+][B-](F)(F)OC(C)=C3)cc21. The maximum absolute atomic E-state index is 14.5. The number of fused-ring (bicyclic) bond motifs is 3. The summed E-state index contributed by atoms with van der Waals surface area (Å²) >= 11 is 0. The van der Waals surface area contributed by atoms with E-state index in [0.29, 0.717) is 23.0 Å². The molecule has 2 heterocycles. The van der Waals surface area contributed by atoms with Crippen LogP contribution in [0.25, 0.3) is 11.1 Å². The quantitative estimate of drug-likeness (QED) is 0.116. The molecule has 0 saturated carbocycles. The zero-order valence-corrected chi connectivity index (χ0v) is 28.6. The summed E-state index contributed by atoms with van der Waals surface area (Å²) in [5, 5.41) is 0. The summed E-state index contributed by atoms with van der Waals surface area (Å²) in [5.74, 6) is 1.19. The monoisotopic (exact) mass is 654 g/mol. The van der Waals surface area contributed by atoms with Crippen molar-refractivity contribution < 1.29 is 35.3 Å². The Morgan fingerprint density at radius 3 is 1.40 bits per heavy atom. The first kappa shape index (κ1) is 35.0. The smallest absolute Gasteiger partial charge is 0.572 e.